The zero-order chi connectivity index (χ0) is 26.0. The number of likely N-dealkylation sites (tertiary alicyclic amines) is 1. The van der Waals surface area contributed by atoms with Crippen LogP contribution in [0, 0.1) is 17.2 Å². The first-order chi connectivity index (χ1) is 17.1. The van der Waals surface area contributed by atoms with Gasteiger partial charge in [-0.15, -0.1) is 13.2 Å². The van der Waals surface area contributed by atoms with Gasteiger partial charge in [-0.3, -0.25) is 19.1 Å². The SMILES string of the molecule is COc1cccc2[nH]c(C(=O)N3C[C@H](OC(F)(F)F)C[C@H]3C(=O)N[C@H](C#N)C[C@@H]3CCNC3=O)cc12. The van der Waals surface area contributed by atoms with Crippen LogP contribution in [0.4, 0.5) is 13.2 Å². The second-order valence-electron chi connectivity index (χ2n) is 8.70. The first-order valence-corrected chi connectivity index (χ1v) is 11.3. The molecule has 36 heavy (non-hydrogen) atoms. The van der Waals surface area contributed by atoms with E-state index in [1.165, 1.54) is 13.2 Å². The Morgan fingerprint density at radius 2 is 2.14 bits per heavy atom. The molecule has 0 unspecified atom stereocenters. The fraction of sp³-hybridized carbons (Fsp3) is 0.478. The second kappa shape index (κ2) is 10.1. The Labute approximate surface area is 203 Å². The minimum Gasteiger partial charge on any atom is -0.496 e. The number of ether oxygens (including phenoxy) is 2. The van der Waals surface area contributed by atoms with Gasteiger partial charge in [0.25, 0.3) is 5.91 Å². The third-order valence-corrected chi connectivity index (χ3v) is 6.36. The molecule has 4 atom stereocenters. The topological polar surface area (TPSA) is 137 Å². The van der Waals surface area contributed by atoms with Crippen molar-refractivity contribution >= 4 is 28.6 Å². The maximum Gasteiger partial charge on any atom is 0.522 e. The number of nitrogens with one attached hydrogen (secondary N) is 3. The molecule has 10 nitrogen and oxygen atoms in total. The highest BCUT2D eigenvalue weighted by Crippen LogP contribution is 2.31. The number of nitriles is 1. The standard InChI is InChI=1S/C23H24F3N5O5/c1-35-19-4-2-3-16-15(19)9-17(30-16)22(34)31-11-14(36-23(24,25)26)8-18(31)21(33)29-13(10-27)7-12-5-6-28-20(12)32/h2-4,9,12-14,18,30H,5-8,11H2,1H3,(H,28,32)(H,29,33)/t12-,13-,14+,18-/m0/s1. The Kier molecular flexibility index (Phi) is 7.07. The maximum absolute atomic E-state index is 13.3. The van der Waals surface area contributed by atoms with Crippen LogP contribution < -0.4 is 15.4 Å². The number of benzene rings is 1. The monoisotopic (exact) mass is 507 g/mol. The summed E-state index contributed by atoms with van der Waals surface area (Å²) in [7, 11) is 1.46. The normalized spacial score (nSPS) is 22.8. The predicted octanol–water partition coefficient (Wildman–Crippen LogP) is 1.83. The number of amides is 3. The van der Waals surface area contributed by atoms with Crippen molar-refractivity contribution in [1.29, 1.82) is 5.26 Å². The molecule has 4 rings (SSSR count). The lowest BCUT2D eigenvalue weighted by Gasteiger charge is -2.24. The molecule has 1 aromatic heterocycles. The summed E-state index contributed by atoms with van der Waals surface area (Å²) in [6.07, 6.45) is -6.28. The Hall–Kier alpha value is -3.79. The molecule has 2 aliphatic rings. The summed E-state index contributed by atoms with van der Waals surface area (Å²) in [5.74, 6) is -1.70. The van der Waals surface area contributed by atoms with E-state index in [0.29, 0.717) is 29.6 Å². The van der Waals surface area contributed by atoms with Crippen molar-refractivity contribution in [1.82, 2.24) is 20.5 Å². The molecule has 192 valence electrons. The van der Waals surface area contributed by atoms with E-state index < -0.39 is 55.2 Å². The first kappa shape index (κ1) is 25.3. The van der Waals surface area contributed by atoms with Crippen LogP contribution in [0.5, 0.6) is 5.75 Å². The highest BCUT2D eigenvalue weighted by molar-refractivity contribution is 6.01. The number of nitrogens with zero attached hydrogens (tertiary/aromatic N) is 2. The van der Waals surface area contributed by atoms with Crippen molar-refractivity contribution in [2.45, 2.75) is 43.8 Å². The largest absolute Gasteiger partial charge is 0.522 e. The fourth-order valence-corrected chi connectivity index (χ4v) is 4.69. The van der Waals surface area contributed by atoms with Gasteiger partial charge in [-0.25, -0.2) is 0 Å². The van der Waals surface area contributed by atoms with Crippen molar-refractivity contribution in [2.75, 3.05) is 20.2 Å². The van der Waals surface area contributed by atoms with E-state index in [0.717, 1.165) is 4.90 Å². The van der Waals surface area contributed by atoms with E-state index in [1.54, 1.807) is 18.2 Å². The molecule has 2 aromatic rings. The summed E-state index contributed by atoms with van der Waals surface area (Å²) in [5, 5.41) is 15.2. The molecule has 0 radical (unpaired) electrons. The number of methoxy groups -OCH3 is 1. The minimum absolute atomic E-state index is 0.0546. The number of carbonyl (C=O) groups excluding carboxylic acids is 3. The highest BCUT2D eigenvalue weighted by Gasteiger charge is 2.45. The van der Waals surface area contributed by atoms with Gasteiger partial charge >= 0.3 is 6.36 Å². The van der Waals surface area contributed by atoms with Gasteiger partial charge in [-0.05, 0) is 31.0 Å². The van der Waals surface area contributed by atoms with Crippen molar-refractivity contribution in [2.24, 2.45) is 5.92 Å². The highest BCUT2D eigenvalue weighted by atomic mass is 19.4. The molecule has 3 amide bonds. The number of alkyl halides is 3. The molecular formula is C23H24F3N5O5. The molecule has 0 saturated carbocycles. The van der Waals surface area contributed by atoms with Gasteiger partial charge < -0.3 is 25.3 Å². The van der Waals surface area contributed by atoms with Crippen LogP contribution in [0.3, 0.4) is 0 Å². The third kappa shape index (κ3) is 5.38. The summed E-state index contributed by atoms with van der Waals surface area (Å²) in [6.45, 7) is -0.0164. The molecule has 0 bridgehead atoms. The number of H-pyrrole nitrogens is 1. The average Bonchev–Trinajstić information content (AvgIpc) is 3.55. The number of fused-ring (bicyclic) bond motifs is 1. The number of halogens is 3. The van der Waals surface area contributed by atoms with Crippen molar-refractivity contribution in [3.63, 3.8) is 0 Å². The average molecular weight is 507 g/mol. The van der Waals surface area contributed by atoms with Crippen molar-refractivity contribution < 1.29 is 37.0 Å². The van der Waals surface area contributed by atoms with Crippen molar-refractivity contribution in [3.8, 4) is 11.8 Å². The van der Waals surface area contributed by atoms with E-state index in [1.807, 2.05) is 6.07 Å². The van der Waals surface area contributed by atoms with E-state index in [2.05, 4.69) is 20.4 Å². The van der Waals surface area contributed by atoms with Crippen LogP contribution in [-0.2, 0) is 14.3 Å². The first-order valence-electron chi connectivity index (χ1n) is 11.3. The number of aromatic nitrogens is 1. The lowest BCUT2D eigenvalue weighted by molar-refractivity contribution is -0.340. The van der Waals surface area contributed by atoms with Gasteiger partial charge in [0.2, 0.25) is 11.8 Å². The predicted molar refractivity (Wildman–Crippen MR) is 118 cm³/mol. The summed E-state index contributed by atoms with van der Waals surface area (Å²) >= 11 is 0. The Morgan fingerprint density at radius 3 is 2.78 bits per heavy atom. The molecule has 0 spiro atoms. The van der Waals surface area contributed by atoms with E-state index in [4.69, 9.17) is 4.74 Å². The molecule has 3 N–H and O–H groups in total. The van der Waals surface area contributed by atoms with Gasteiger partial charge in [0, 0.05) is 36.3 Å². The van der Waals surface area contributed by atoms with Gasteiger partial charge in [0.05, 0.1) is 19.3 Å². The summed E-state index contributed by atoms with van der Waals surface area (Å²) in [4.78, 5) is 42.2. The van der Waals surface area contributed by atoms with Crippen LogP contribution in [0.15, 0.2) is 24.3 Å². The van der Waals surface area contributed by atoms with Gasteiger partial charge in [0.1, 0.15) is 23.5 Å². The second-order valence-corrected chi connectivity index (χ2v) is 8.70. The molecule has 2 fully saturated rings. The Morgan fingerprint density at radius 1 is 1.36 bits per heavy atom. The lowest BCUT2D eigenvalue weighted by atomic mass is 9.99. The molecule has 2 saturated heterocycles. The number of hydrogen-bond donors (Lipinski definition) is 3. The summed E-state index contributed by atoms with van der Waals surface area (Å²) in [5.41, 5.74) is 0.625. The summed E-state index contributed by atoms with van der Waals surface area (Å²) in [6, 6.07) is 6.15. The van der Waals surface area contributed by atoms with Crippen LogP contribution in [-0.4, -0.2) is 72.4 Å². The third-order valence-electron chi connectivity index (χ3n) is 6.36. The lowest BCUT2D eigenvalue weighted by Crippen LogP contribution is -2.49. The van der Waals surface area contributed by atoms with Crippen molar-refractivity contribution in [3.05, 3.63) is 30.0 Å². The molecule has 3 heterocycles. The molecular weight excluding hydrogens is 483 g/mol. The fourth-order valence-electron chi connectivity index (χ4n) is 4.69. The van der Waals surface area contributed by atoms with E-state index in [-0.39, 0.29) is 18.0 Å². The zero-order valence-electron chi connectivity index (χ0n) is 19.2. The summed E-state index contributed by atoms with van der Waals surface area (Å²) < 4.78 is 48.1. The molecule has 2 aliphatic heterocycles. The van der Waals surface area contributed by atoms with E-state index >= 15 is 0 Å². The smallest absolute Gasteiger partial charge is 0.496 e. The van der Waals surface area contributed by atoms with Gasteiger partial charge in [-0.2, -0.15) is 5.26 Å². The molecule has 0 aliphatic carbocycles. The maximum atomic E-state index is 13.3. The zero-order valence-corrected chi connectivity index (χ0v) is 19.2. The molecule has 1 aromatic carbocycles. The van der Waals surface area contributed by atoms with Crippen LogP contribution in [0.2, 0.25) is 0 Å². The number of hydrogen-bond acceptors (Lipinski definition) is 6. The Balaban J connectivity index is 1.55. The molecule has 13 heteroatoms. The van der Waals surface area contributed by atoms with Gasteiger partial charge in [0.15, 0.2) is 0 Å². The number of aromatic amines is 1. The number of rotatable bonds is 7. The van der Waals surface area contributed by atoms with Gasteiger partial charge in [-0.1, -0.05) is 6.07 Å². The minimum atomic E-state index is -4.95. The Bertz CT molecular complexity index is 1210. The van der Waals surface area contributed by atoms with Crippen LogP contribution in [0.1, 0.15) is 29.8 Å². The number of carbonyl (C=O) groups is 3. The van der Waals surface area contributed by atoms with Crippen LogP contribution in [0.25, 0.3) is 10.9 Å². The quantitative estimate of drug-likeness (QED) is 0.523. The van der Waals surface area contributed by atoms with Crippen LogP contribution >= 0.6 is 0 Å². The van der Waals surface area contributed by atoms with E-state index in [9.17, 15) is 32.8 Å².